The van der Waals surface area contributed by atoms with Crippen molar-refractivity contribution in [3.05, 3.63) is 42.0 Å². The number of carbonyl (C=O) groups excluding carboxylic acids is 1. The van der Waals surface area contributed by atoms with Gasteiger partial charge in [0.05, 0.1) is 0 Å². The molecule has 0 radical (unpaired) electrons. The van der Waals surface area contributed by atoms with E-state index in [4.69, 9.17) is 4.74 Å². The Balaban J connectivity index is 2.30. The highest BCUT2D eigenvalue weighted by Crippen LogP contribution is 2.33. The highest BCUT2D eigenvalue weighted by Gasteiger charge is 2.38. The molecule has 78 valence electrons. The van der Waals surface area contributed by atoms with Crippen LogP contribution in [0.15, 0.2) is 36.4 Å². The molecule has 1 heterocycles. The molecule has 0 amide bonds. The third-order valence-electron chi connectivity index (χ3n) is 2.85. The maximum absolute atomic E-state index is 11.7. The van der Waals surface area contributed by atoms with Gasteiger partial charge in [-0.05, 0) is 13.3 Å². The third-order valence-corrected chi connectivity index (χ3v) is 2.85. The van der Waals surface area contributed by atoms with Crippen LogP contribution < -0.4 is 0 Å². The Morgan fingerprint density at radius 2 is 1.93 bits per heavy atom. The van der Waals surface area contributed by atoms with Gasteiger partial charge >= 0.3 is 0 Å². The second kappa shape index (κ2) is 3.54. The van der Waals surface area contributed by atoms with Crippen LogP contribution in [0.2, 0.25) is 0 Å². The second-order valence-electron chi connectivity index (χ2n) is 3.93. The minimum absolute atomic E-state index is 0.0591. The largest absolute Gasteiger partial charge is 0.479 e. The van der Waals surface area contributed by atoms with E-state index in [1.807, 2.05) is 44.2 Å². The number of carbonyl (C=O) groups is 1. The van der Waals surface area contributed by atoms with Crippen molar-refractivity contribution in [2.45, 2.75) is 25.9 Å². The van der Waals surface area contributed by atoms with E-state index in [2.05, 4.69) is 0 Å². The van der Waals surface area contributed by atoms with Crippen molar-refractivity contribution in [2.75, 3.05) is 0 Å². The van der Waals surface area contributed by atoms with Crippen LogP contribution >= 0.6 is 0 Å². The lowest BCUT2D eigenvalue weighted by molar-refractivity contribution is -0.127. The zero-order valence-corrected chi connectivity index (χ0v) is 8.99. The Morgan fingerprint density at radius 1 is 1.27 bits per heavy atom. The summed E-state index contributed by atoms with van der Waals surface area (Å²) in [6.45, 7) is 3.79. The van der Waals surface area contributed by atoms with Gasteiger partial charge in [-0.3, -0.25) is 4.79 Å². The van der Waals surface area contributed by atoms with E-state index in [0.717, 1.165) is 5.56 Å². The lowest BCUT2D eigenvalue weighted by Crippen LogP contribution is -2.31. The van der Waals surface area contributed by atoms with Crippen molar-refractivity contribution in [2.24, 2.45) is 0 Å². The summed E-state index contributed by atoms with van der Waals surface area (Å²) in [7, 11) is 0. The predicted octanol–water partition coefficient (Wildman–Crippen LogP) is 2.80. The number of benzene rings is 1. The average Bonchev–Trinajstić information content (AvgIpc) is 2.58. The lowest BCUT2D eigenvalue weighted by Gasteiger charge is -2.21. The summed E-state index contributed by atoms with van der Waals surface area (Å²) in [6.07, 6.45) is 2.29. The van der Waals surface area contributed by atoms with E-state index < -0.39 is 5.60 Å². The molecule has 1 aromatic carbocycles. The van der Waals surface area contributed by atoms with Crippen molar-refractivity contribution in [1.29, 1.82) is 0 Å². The number of rotatable bonds is 2. The van der Waals surface area contributed by atoms with E-state index in [-0.39, 0.29) is 5.78 Å². The molecule has 0 N–H and O–H groups in total. The van der Waals surface area contributed by atoms with Gasteiger partial charge in [-0.25, -0.2) is 0 Å². The maximum atomic E-state index is 11.7. The molecule has 1 atom stereocenters. The number of ether oxygens (including phenoxy) is 1. The highest BCUT2D eigenvalue weighted by atomic mass is 16.5. The number of ketones is 1. The summed E-state index contributed by atoms with van der Waals surface area (Å²) in [5.41, 5.74) is 0.300. The van der Waals surface area contributed by atoms with Crippen molar-refractivity contribution in [1.82, 2.24) is 0 Å². The van der Waals surface area contributed by atoms with Crippen molar-refractivity contribution < 1.29 is 9.53 Å². The first-order chi connectivity index (χ1) is 7.15. The molecule has 0 saturated heterocycles. The normalized spacial score (nSPS) is 24.9. The molecule has 1 aromatic rings. The van der Waals surface area contributed by atoms with E-state index in [9.17, 15) is 4.79 Å². The topological polar surface area (TPSA) is 26.3 Å². The van der Waals surface area contributed by atoms with Crippen LogP contribution in [-0.4, -0.2) is 11.4 Å². The molecule has 0 spiro atoms. The van der Waals surface area contributed by atoms with Crippen LogP contribution in [0.3, 0.4) is 0 Å². The van der Waals surface area contributed by atoms with Crippen molar-refractivity contribution >= 4 is 11.5 Å². The molecule has 15 heavy (non-hydrogen) atoms. The Bertz CT molecular complexity index is 406. The van der Waals surface area contributed by atoms with E-state index in [1.165, 1.54) is 0 Å². The molecule has 2 heteroatoms. The monoisotopic (exact) mass is 202 g/mol. The smallest absolute Gasteiger partial charge is 0.202 e. The number of hydrogen-bond acceptors (Lipinski definition) is 2. The molecule has 1 aliphatic heterocycles. The SMILES string of the molecule is CCC1(C)OC(c2ccccc2)=CC1=O. The fourth-order valence-electron chi connectivity index (χ4n) is 1.59. The van der Waals surface area contributed by atoms with Gasteiger partial charge in [-0.15, -0.1) is 0 Å². The first-order valence-corrected chi connectivity index (χ1v) is 5.16. The summed E-state index contributed by atoms with van der Waals surface area (Å²) >= 11 is 0. The molecular weight excluding hydrogens is 188 g/mol. The molecule has 0 aliphatic carbocycles. The fourth-order valence-corrected chi connectivity index (χ4v) is 1.59. The zero-order chi connectivity index (χ0) is 10.9. The van der Waals surface area contributed by atoms with Crippen LogP contribution in [0.1, 0.15) is 25.8 Å². The molecular formula is C13H14O2. The Hall–Kier alpha value is -1.57. The molecule has 0 fully saturated rings. The Morgan fingerprint density at radius 3 is 2.47 bits per heavy atom. The predicted molar refractivity (Wildman–Crippen MR) is 59.2 cm³/mol. The molecule has 1 unspecified atom stereocenters. The summed E-state index contributed by atoms with van der Waals surface area (Å²) in [6, 6.07) is 9.71. The van der Waals surface area contributed by atoms with Gasteiger partial charge in [0.15, 0.2) is 5.60 Å². The lowest BCUT2D eigenvalue weighted by atomic mass is 9.99. The van der Waals surface area contributed by atoms with Crippen LogP contribution in [0.4, 0.5) is 0 Å². The average molecular weight is 202 g/mol. The molecule has 2 rings (SSSR count). The highest BCUT2D eigenvalue weighted by molar-refractivity contribution is 6.05. The van der Waals surface area contributed by atoms with Gasteiger partial charge in [0.2, 0.25) is 5.78 Å². The van der Waals surface area contributed by atoms with Crippen LogP contribution in [0.5, 0.6) is 0 Å². The Labute approximate surface area is 89.6 Å². The fraction of sp³-hybridized carbons (Fsp3) is 0.308. The maximum Gasteiger partial charge on any atom is 0.202 e. The first-order valence-electron chi connectivity index (χ1n) is 5.16. The quantitative estimate of drug-likeness (QED) is 0.737. The van der Waals surface area contributed by atoms with E-state index in [0.29, 0.717) is 12.2 Å². The standard InChI is InChI=1S/C13H14O2/c1-3-13(2)12(14)9-11(15-13)10-7-5-4-6-8-10/h4-9H,3H2,1-2H3. The van der Waals surface area contributed by atoms with Gasteiger partial charge in [-0.2, -0.15) is 0 Å². The molecule has 1 aliphatic rings. The Kier molecular flexibility index (Phi) is 2.35. The van der Waals surface area contributed by atoms with Crippen LogP contribution in [-0.2, 0) is 9.53 Å². The van der Waals surface area contributed by atoms with Gasteiger partial charge < -0.3 is 4.74 Å². The molecule has 0 saturated carbocycles. The summed E-state index contributed by atoms with van der Waals surface area (Å²) < 4.78 is 5.71. The third kappa shape index (κ3) is 1.67. The summed E-state index contributed by atoms with van der Waals surface area (Å²) in [5, 5.41) is 0. The summed E-state index contributed by atoms with van der Waals surface area (Å²) in [5.74, 6) is 0.744. The minimum Gasteiger partial charge on any atom is -0.479 e. The van der Waals surface area contributed by atoms with Gasteiger partial charge in [0.25, 0.3) is 0 Å². The molecule has 0 aromatic heterocycles. The van der Waals surface area contributed by atoms with E-state index >= 15 is 0 Å². The van der Waals surface area contributed by atoms with Crippen LogP contribution in [0, 0.1) is 0 Å². The van der Waals surface area contributed by atoms with Crippen molar-refractivity contribution in [3.8, 4) is 0 Å². The summed E-state index contributed by atoms with van der Waals surface area (Å²) in [4.78, 5) is 11.7. The van der Waals surface area contributed by atoms with Crippen molar-refractivity contribution in [3.63, 3.8) is 0 Å². The van der Waals surface area contributed by atoms with Gasteiger partial charge in [0.1, 0.15) is 5.76 Å². The zero-order valence-electron chi connectivity index (χ0n) is 8.99. The molecule has 0 bridgehead atoms. The van der Waals surface area contributed by atoms with Gasteiger partial charge in [-0.1, -0.05) is 37.3 Å². The van der Waals surface area contributed by atoms with E-state index in [1.54, 1.807) is 6.08 Å². The number of hydrogen-bond donors (Lipinski definition) is 0. The second-order valence-corrected chi connectivity index (χ2v) is 3.93. The minimum atomic E-state index is -0.662. The molecule has 2 nitrogen and oxygen atoms in total. The van der Waals surface area contributed by atoms with Crippen LogP contribution in [0.25, 0.3) is 5.76 Å². The first kappa shape index (κ1) is 9.97. The van der Waals surface area contributed by atoms with Gasteiger partial charge in [0, 0.05) is 11.6 Å².